The Morgan fingerprint density at radius 1 is 1.07 bits per heavy atom. The van der Waals surface area contributed by atoms with Gasteiger partial charge in [0.25, 0.3) is 15.9 Å². The summed E-state index contributed by atoms with van der Waals surface area (Å²) in [6, 6.07) is 12.6. The van der Waals surface area contributed by atoms with Crippen LogP contribution in [-0.2, 0) is 19.6 Å². The van der Waals surface area contributed by atoms with Crippen molar-refractivity contribution in [1.29, 1.82) is 0 Å². The normalized spacial score (nSPS) is 14.9. The van der Waals surface area contributed by atoms with E-state index in [4.69, 9.17) is 10.5 Å². The van der Waals surface area contributed by atoms with Crippen molar-refractivity contribution in [3.8, 4) is 5.75 Å². The standard InChI is InChI=1S/C20H22BrN3O5S/c21-15-1-3-16(4-2-15)23-30(27,28)18-7-5-17(6-8-18)29-13-19(25)24-11-9-14(10-12-24)20(22)26/h1-8,14,23H,9-13H2,(H2,22,26). The van der Waals surface area contributed by atoms with E-state index in [2.05, 4.69) is 20.7 Å². The second kappa shape index (κ2) is 9.48. The van der Waals surface area contributed by atoms with Gasteiger partial charge >= 0.3 is 0 Å². The molecule has 0 saturated carbocycles. The Morgan fingerprint density at radius 3 is 2.23 bits per heavy atom. The van der Waals surface area contributed by atoms with Crippen LogP contribution in [0.3, 0.4) is 0 Å². The molecule has 3 rings (SSSR count). The molecule has 0 aliphatic carbocycles. The van der Waals surface area contributed by atoms with Gasteiger partial charge < -0.3 is 15.4 Å². The Labute approximate surface area is 183 Å². The number of amides is 2. The Hall–Kier alpha value is -2.59. The van der Waals surface area contributed by atoms with Crippen molar-refractivity contribution in [2.24, 2.45) is 11.7 Å². The van der Waals surface area contributed by atoms with Gasteiger partial charge in [-0.05, 0) is 61.4 Å². The molecule has 0 radical (unpaired) electrons. The highest BCUT2D eigenvalue weighted by atomic mass is 79.9. The monoisotopic (exact) mass is 495 g/mol. The number of benzene rings is 2. The van der Waals surface area contributed by atoms with E-state index in [1.807, 2.05) is 0 Å². The number of sulfonamides is 1. The second-order valence-electron chi connectivity index (χ2n) is 6.93. The fraction of sp³-hybridized carbons (Fsp3) is 0.300. The molecule has 3 N–H and O–H groups in total. The maximum Gasteiger partial charge on any atom is 0.261 e. The number of nitrogens with zero attached hydrogens (tertiary/aromatic N) is 1. The molecule has 160 valence electrons. The summed E-state index contributed by atoms with van der Waals surface area (Å²) >= 11 is 3.30. The van der Waals surface area contributed by atoms with Gasteiger partial charge in [0.1, 0.15) is 5.75 Å². The zero-order valence-corrected chi connectivity index (χ0v) is 18.5. The number of nitrogens with two attached hydrogens (primary N) is 1. The topological polar surface area (TPSA) is 119 Å². The highest BCUT2D eigenvalue weighted by molar-refractivity contribution is 9.10. The average Bonchev–Trinajstić information content (AvgIpc) is 2.74. The maximum atomic E-state index is 12.5. The first-order valence-electron chi connectivity index (χ1n) is 9.33. The van der Waals surface area contributed by atoms with Crippen LogP contribution in [0.15, 0.2) is 57.9 Å². The summed E-state index contributed by atoms with van der Waals surface area (Å²) in [5.41, 5.74) is 5.75. The number of nitrogens with one attached hydrogen (secondary N) is 1. The zero-order chi connectivity index (χ0) is 21.7. The summed E-state index contributed by atoms with van der Waals surface area (Å²) in [6.45, 7) is 0.772. The Morgan fingerprint density at radius 2 is 1.67 bits per heavy atom. The second-order valence-corrected chi connectivity index (χ2v) is 9.53. The Kier molecular flexibility index (Phi) is 6.99. The van der Waals surface area contributed by atoms with Crippen LogP contribution < -0.4 is 15.2 Å². The highest BCUT2D eigenvalue weighted by Gasteiger charge is 2.26. The quantitative estimate of drug-likeness (QED) is 0.610. The third kappa shape index (κ3) is 5.73. The van der Waals surface area contributed by atoms with E-state index in [1.54, 1.807) is 29.2 Å². The summed E-state index contributed by atoms with van der Waals surface area (Å²) in [4.78, 5) is 25.2. The van der Waals surface area contributed by atoms with Crippen molar-refractivity contribution in [2.75, 3.05) is 24.4 Å². The van der Waals surface area contributed by atoms with Crippen LogP contribution >= 0.6 is 15.9 Å². The summed E-state index contributed by atoms with van der Waals surface area (Å²) in [7, 11) is -3.74. The van der Waals surface area contributed by atoms with Crippen molar-refractivity contribution in [3.63, 3.8) is 0 Å². The number of carbonyl (C=O) groups is 2. The van der Waals surface area contributed by atoms with Crippen LogP contribution in [0, 0.1) is 5.92 Å². The van der Waals surface area contributed by atoms with Gasteiger partial charge in [0.05, 0.1) is 4.90 Å². The number of primary amides is 1. The molecule has 2 amide bonds. The van der Waals surface area contributed by atoms with Gasteiger partial charge in [0, 0.05) is 29.2 Å². The van der Waals surface area contributed by atoms with Crippen LogP contribution in [0.1, 0.15) is 12.8 Å². The summed E-state index contributed by atoms with van der Waals surface area (Å²) in [5, 5.41) is 0. The van der Waals surface area contributed by atoms with E-state index in [-0.39, 0.29) is 29.2 Å². The van der Waals surface area contributed by atoms with Gasteiger partial charge in [0.15, 0.2) is 6.61 Å². The smallest absolute Gasteiger partial charge is 0.261 e. The lowest BCUT2D eigenvalue weighted by Crippen LogP contribution is -2.43. The number of ether oxygens (including phenoxy) is 1. The molecule has 1 aliphatic rings. The molecule has 8 nitrogen and oxygen atoms in total. The molecule has 1 saturated heterocycles. The zero-order valence-electron chi connectivity index (χ0n) is 16.1. The van der Waals surface area contributed by atoms with Crippen molar-refractivity contribution >= 4 is 43.5 Å². The predicted molar refractivity (Wildman–Crippen MR) is 115 cm³/mol. The van der Waals surface area contributed by atoms with Crippen LogP contribution in [0.25, 0.3) is 0 Å². The molecule has 1 heterocycles. The van der Waals surface area contributed by atoms with E-state index in [0.717, 1.165) is 4.47 Å². The van der Waals surface area contributed by atoms with E-state index in [9.17, 15) is 18.0 Å². The SMILES string of the molecule is NC(=O)C1CCN(C(=O)COc2ccc(S(=O)(=O)Nc3ccc(Br)cc3)cc2)CC1. The molecule has 2 aromatic carbocycles. The van der Waals surface area contributed by atoms with Gasteiger partial charge in [-0.1, -0.05) is 15.9 Å². The first-order valence-corrected chi connectivity index (χ1v) is 11.6. The van der Waals surface area contributed by atoms with E-state index in [0.29, 0.717) is 37.4 Å². The lowest BCUT2D eigenvalue weighted by atomic mass is 9.96. The molecule has 0 aromatic heterocycles. The molecular formula is C20H22BrN3O5S. The first kappa shape index (κ1) is 22.1. The molecule has 0 unspecified atom stereocenters. The molecule has 10 heteroatoms. The number of rotatable bonds is 7. The van der Waals surface area contributed by atoms with Crippen molar-refractivity contribution < 1.29 is 22.7 Å². The maximum absolute atomic E-state index is 12.5. The molecule has 2 aromatic rings. The molecule has 0 bridgehead atoms. The third-order valence-electron chi connectivity index (χ3n) is 4.84. The number of hydrogen-bond acceptors (Lipinski definition) is 5. The predicted octanol–water partition coefficient (Wildman–Crippen LogP) is 2.35. The summed E-state index contributed by atoms with van der Waals surface area (Å²) in [5.74, 6) is -0.317. The number of anilines is 1. The van der Waals surface area contributed by atoms with Crippen LogP contribution in [-0.4, -0.2) is 44.8 Å². The summed E-state index contributed by atoms with van der Waals surface area (Å²) < 4.78 is 33.8. The van der Waals surface area contributed by atoms with Crippen molar-refractivity contribution in [2.45, 2.75) is 17.7 Å². The highest BCUT2D eigenvalue weighted by Crippen LogP contribution is 2.21. The number of hydrogen-bond donors (Lipinski definition) is 2. The molecule has 0 atom stereocenters. The first-order chi connectivity index (χ1) is 14.2. The minimum atomic E-state index is -3.74. The Balaban J connectivity index is 1.53. The van der Waals surface area contributed by atoms with Gasteiger partial charge in [-0.3, -0.25) is 14.3 Å². The van der Waals surface area contributed by atoms with Crippen LogP contribution in [0.2, 0.25) is 0 Å². The van der Waals surface area contributed by atoms with Crippen LogP contribution in [0.4, 0.5) is 5.69 Å². The summed E-state index contributed by atoms with van der Waals surface area (Å²) in [6.07, 6.45) is 1.11. The fourth-order valence-corrected chi connectivity index (χ4v) is 4.42. The van der Waals surface area contributed by atoms with Crippen molar-refractivity contribution in [3.05, 3.63) is 53.0 Å². The van der Waals surface area contributed by atoms with Crippen LogP contribution in [0.5, 0.6) is 5.75 Å². The number of piperidine rings is 1. The Bertz CT molecular complexity index is 1000. The minimum absolute atomic E-state index is 0.0811. The fourth-order valence-electron chi connectivity index (χ4n) is 3.10. The average molecular weight is 496 g/mol. The van der Waals surface area contributed by atoms with E-state index < -0.39 is 10.0 Å². The molecule has 1 aliphatic heterocycles. The van der Waals surface area contributed by atoms with Crippen molar-refractivity contribution in [1.82, 2.24) is 4.90 Å². The minimum Gasteiger partial charge on any atom is -0.484 e. The lowest BCUT2D eigenvalue weighted by Gasteiger charge is -2.30. The number of carbonyl (C=O) groups excluding carboxylic acids is 2. The largest absolute Gasteiger partial charge is 0.484 e. The number of halogens is 1. The van der Waals surface area contributed by atoms with Gasteiger partial charge in [-0.2, -0.15) is 0 Å². The van der Waals surface area contributed by atoms with Gasteiger partial charge in [-0.25, -0.2) is 8.42 Å². The lowest BCUT2D eigenvalue weighted by molar-refractivity contribution is -0.136. The van der Waals surface area contributed by atoms with E-state index >= 15 is 0 Å². The molecular weight excluding hydrogens is 474 g/mol. The molecule has 0 spiro atoms. The third-order valence-corrected chi connectivity index (χ3v) is 6.77. The number of likely N-dealkylation sites (tertiary alicyclic amines) is 1. The van der Waals surface area contributed by atoms with Gasteiger partial charge in [0.2, 0.25) is 5.91 Å². The molecule has 30 heavy (non-hydrogen) atoms. The van der Waals surface area contributed by atoms with E-state index in [1.165, 1.54) is 24.3 Å². The van der Waals surface area contributed by atoms with Gasteiger partial charge in [-0.15, -0.1) is 0 Å². The molecule has 1 fully saturated rings.